The van der Waals surface area contributed by atoms with Crippen molar-refractivity contribution < 1.29 is 4.79 Å². The van der Waals surface area contributed by atoms with Crippen LogP contribution < -0.4 is 15.5 Å². The van der Waals surface area contributed by atoms with Gasteiger partial charge in [0.05, 0.1) is 0 Å². The summed E-state index contributed by atoms with van der Waals surface area (Å²) in [6, 6.07) is 17.2. The highest BCUT2D eigenvalue weighted by molar-refractivity contribution is 5.98. The minimum absolute atomic E-state index is 0.0127. The number of piperidine rings is 1. The van der Waals surface area contributed by atoms with Crippen LogP contribution >= 0.6 is 0 Å². The van der Waals surface area contributed by atoms with Crippen LogP contribution in [0.2, 0.25) is 0 Å². The summed E-state index contributed by atoms with van der Waals surface area (Å²) in [7, 11) is 0. The van der Waals surface area contributed by atoms with Crippen molar-refractivity contribution in [2.45, 2.75) is 25.7 Å². The number of carbonyl (C=O) groups excluding carboxylic acids is 1. The highest BCUT2D eigenvalue weighted by atomic mass is 16.1. The summed E-state index contributed by atoms with van der Waals surface area (Å²) < 4.78 is 0. The minimum atomic E-state index is -0.0127. The smallest absolute Gasteiger partial charge is 0.267 e. The van der Waals surface area contributed by atoms with Gasteiger partial charge in [0.2, 0.25) is 0 Å². The minimum Gasteiger partial charge on any atom is -0.372 e. The first-order valence-electron chi connectivity index (χ1n) is 11.2. The van der Waals surface area contributed by atoms with Gasteiger partial charge in [-0.25, -0.2) is 0 Å². The van der Waals surface area contributed by atoms with Gasteiger partial charge in [0.1, 0.15) is 5.69 Å². The molecule has 5 nitrogen and oxygen atoms in total. The number of nitrogens with one attached hydrogen (secondary N) is 3. The third kappa shape index (κ3) is 4.08. The fraction of sp³-hybridized carbons (Fsp3) is 0.400. The average molecular weight is 403 g/mol. The molecular weight excluding hydrogens is 372 g/mol. The second-order valence-electron chi connectivity index (χ2n) is 8.63. The number of hydrogen-bond donors (Lipinski definition) is 3. The van der Waals surface area contributed by atoms with Crippen LogP contribution in [0.1, 0.15) is 36.2 Å². The molecule has 5 rings (SSSR count). The molecule has 0 bridgehead atoms. The second kappa shape index (κ2) is 8.52. The number of anilines is 1. The van der Waals surface area contributed by atoms with Crippen LogP contribution in [-0.2, 0) is 0 Å². The zero-order valence-electron chi connectivity index (χ0n) is 17.4. The maximum atomic E-state index is 12.6. The van der Waals surface area contributed by atoms with Crippen molar-refractivity contribution in [2.24, 2.45) is 5.92 Å². The van der Waals surface area contributed by atoms with E-state index < -0.39 is 0 Å². The Labute approximate surface area is 177 Å². The van der Waals surface area contributed by atoms with E-state index in [0.717, 1.165) is 56.5 Å². The Bertz CT molecular complexity index is 1010. The Morgan fingerprint density at radius 1 is 0.967 bits per heavy atom. The molecule has 0 atom stereocenters. The van der Waals surface area contributed by atoms with Gasteiger partial charge in [-0.15, -0.1) is 0 Å². The van der Waals surface area contributed by atoms with E-state index >= 15 is 0 Å². The van der Waals surface area contributed by atoms with Gasteiger partial charge in [0.25, 0.3) is 5.91 Å². The molecule has 3 aromatic rings. The van der Waals surface area contributed by atoms with Gasteiger partial charge >= 0.3 is 0 Å². The molecule has 0 saturated carbocycles. The Balaban J connectivity index is 1.29. The molecule has 5 heteroatoms. The predicted molar refractivity (Wildman–Crippen MR) is 123 cm³/mol. The Kier molecular flexibility index (Phi) is 5.45. The van der Waals surface area contributed by atoms with Crippen molar-refractivity contribution in [1.82, 2.24) is 15.6 Å². The molecule has 30 heavy (non-hydrogen) atoms. The number of H-pyrrole nitrogens is 1. The summed E-state index contributed by atoms with van der Waals surface area (Å²) in [6.07, 6.45) is 4.85. The number of carbonyl (C=O) groups is 1. The van der Waals surface area contributed by atoms with Crippen molar-refractivity contribution >= 4 is 22.5 Å². The van der Waals surface area contributed by atoms with Crippen LogP contribution in [0.5, 0.6) is 0 Å². The number of aromatic nitrogens is 1. The van der Waals surface area contributed by atoms with E-state index in [0.29, 0.717) is 11.6 Å². The van der Waals surface area contributed by atoms with E-state index in [4.69, 9.17) is 0 Å². The van der Waals surface area contributed by atoms with E-state index in [2.05, 4.69) is 63.0 Å². The van der Waals surface area contributed by atoms with Crippen molar-refractivity contribution in [3.05, 3.63) is 54.2 Å². The average Bonchev–Trinajstić information content (AvgIpc) is 3.48. The SMILES string of the molecule is O=C(NCC1CCNCC1)c1cc2cc(-c3ccc(N4CCCC4)cc3)ccc2[nH]1. The lowest BCUT2D eigenvalue weighted by molar-refractivity contribution is 0.0940. The molecule has 1 aromatic heterocycles. The fourth-order valence-electron chi connectivity index (χ4n) is 4.69. The molecule has 3 N–H and O–H groups in total. The lowest BCUT2D eigenvalue weighted by Gasteiger charge is -2.22. The number of amides is 1. The largest absolute Gasteiger partial charge is 0.372 e. The number of aromatic amines is 1. The molecule has 0 unspecified atom stereocenters. The number of nitrogens with zero attached hydrogens (tertiary/aromatic N) is 1. The van der Waals surface area contributed by atoms with E-state index in [-0.39, 0.29) is 5.91 Å². The molecular formula is C25H30N4O. The van der Waals surface area contributed by atoms with Crippen molar-refractivity contribution in [2.75, 3.05) is 37.6 Å². The van der Waals surface area contributed by atoms with Crippen LogP contribution in [0.4, 0.5) is 5.69 Å². The molecule has 3 heterocycles. The van der Waals surface area contributed by atoms with Crippen LogP contribution in [-0.4, -0.2) is 43.6 Å². The fourth-order valence-corrected chi connectivity index (χ4v) is 4.69. The van der Waals surface area contributed by atoms with Gasteiger partial charge in [0.15, 0.2) is 0 Å². The first-order valence-corrected chi connectivity index (χ1v) is 11.2. The second-order valence-corrected chi connectivity index (χ2v) is 8.63. The molecule has 0 radical (unpaired) electrons. The quantitative estimate of drug-likeness (QED) is 0.600. The summed E-state index contributed by atoms with van der Waals surface area (Å²) in [6.45, 7) is 5.18. The number of hydrogen-bond acceptors (Lipinski definition) is 3. The van der Waals surface area contributed by atoms with Crippen LogP contribution in [0, 0.1) is 5.92 Å². The van der Waals surface area contributed by atoms with Gasteiger partial charge in [0, 0.05) is 36.2 Å². The summed E-state index contributed by atoms with van der Waals surface area (Å²) in [5.41, 5.74) is 5.33. The molecule has 2 aliphatic heterocycles. The zero-order valence-corrected chi connectivity index (χ0v) is 17.4. The standard InChI is InChI=1S/C25H30N4O/c30-25(27-17-18-9-11-26-12-10-18)24-16-21-15-20(5-8-23(21)28-24)19-3-6-22(7-4-19)29-13-1-2-14-29/h3-8,15-16,18,26,28H,1-2,9-14,17H2,(H,27,30). The van der Waals surface area contributed by atoms with Crippen LogP contribution in [0.3, 0.4) is 0 Å². The molecule has 1 amide bonds. The molecule has 2 saturated heterocycles. The number of benzene rings is 2. The molecule has 2 aliphatic rings. The Morgan fingerprint density at radius 2 is 1.70 bits per heavy atom. The third-order valence-electron chi connectivity index (χ3n) is 6.55. The monoisotopic (exact) mass is 402 g/mol. The van der Waals surface area contributed by atoms with Crippen molar-refractivity contribution in [1.29, 1.82) is 0 Å². The highest BCUT2D eigenvalue weighted by Crippen LogP contribution is 2.28. The molecule has 0 spiro atoms. The summed E-state index contributed by atoms with van der Waals surface area (Å²) in [4.78, 5) is 18.3. The van der Waals surface area contributed by atoms with Gasteiger partial charge in [-0.2, -0.15) is 0 Å². The summed E-state index contributed by atoms with van der Waals surface area (Å²) in [5, 5.41) is 7.54. The van der Waals surface area contributed by atoms with E-state index in [1.54, 1.807) is 0 Å². The van der Waals surface area contributed by atoms with Gasteiger partial charge in [-0.1, -0.05) is 18.2 Å². The van der Waals surface area contributed by atoms with Crippen LogP contribution in [0.15, 0.2) is 48.5 Å². The van der Waals surface area contributed by atoms with Crippen molar-refractivity contribution in [3.63, 3.8) is 0 Å². The Morgan fingerprint density at radius 3 is 2.47 bits per heavy atom. The normalized spacial score (nSPS) is 17.5. The lowest BCUT2D eigenvalue weighted by Crippen LogP contribution is -2.36. The topological polar surface area (TPSA) is 60.2 Å². The van der Waals surface area contributed by atoms with Crippen molar-refractivity contribution in [3.8, 4) is 11.1 Å². The summed E-state index contributed by atoms with van der Waals surface area (Å²) >= 11 is 0. The first-order chi connectivity index (χ1) is 14.8. The van der Waals surface area contributed by atoms with Gasteiger partial charge in [-0.05, 0) is 86.1 Å². The third-order valence-corrected chi connectivity index (χ3v) is 6.55. The van der Waals surface area contributed by atoms with Crippen LogP contribution in [0.25, 0.3) is 22.0 Å². The van der Waals surface area contributed by atoms with E-state index in [1.807, 2.05) is 6.07 Å². The summed E-state index contributed by atoms with van der Waals surface area (Å²) in [5.74, 6) is 0.566. The van der Waals surface area contributed by atoms with E-state index in [9.17, 15) is 4.79 Å². The Hall–Kier alpha value is -2.79. The van der Waals surface area contributed by atoms with Gasteiger partial charge in [-0.3, -0.25) is 4.79 Å². The number of fused-ring (bicyclic) bond motifs is 1. The predicted octanol–water partition coefficient (Wildman–Crippen LogP) is 4.16. The highest BCUT2D eigenvalue weighted by Gasteiger charge is 2.16. The molecule has 156 valence electrons. The first kappa shape index (κ1) is 19.2. The van der Waals surface area contributed by atoms with Gasteiger partial charge < -0.3 is 20.5 Å². The molecule has 2 aromatic carbocycles. The molecule has 2 fully saturated rings. The number of rotatable bonds is 5. The molecule has 0 aliphatic carbocycles. The zero-order chi connectivity index (χ0) is 20.3. The van der Waals surface area contributed by atoms with E-state index in [1.165, 1.54) is 29.7 Å². The maximum Gasteiger partial charge on any atom is 0.267 e. The maximum absolute atomic E-state index is 12.6. The lowest BCUT2D eigenvalue weighted by atomic mass is 9.98.